The first-order valence-corrected chi connectivity index (χ1v) is 11.7. The van der Waals surface area contributed by atoms with Crippen molar-refractivity contribution in [3.8, 4) is 5.75 Å². The summed E-state index contributed by atoms with van der Waals surface area (Å²) in [5.74, 6) is -0.199. The molecule has 0 aromatic heterocycles. The third kappa shape index (κ3) is 5.62. The molecule has 166 valence electrons. The van der Waals surface area contributed by atoms with E-state index < -0.39 is 15.9 Å². The van der Waals surface area contributed by atoms with Gasteiger partial charge >= 0.3 is 0 Å². The van der Waals surface area contributed by atoms with E-state index in [-0.39, 0.29) is 29.7 Å². The molecule has 2 aromatic rings. The van der Waals surface area contributed by atoms with Gasteiger partial charge < -0.3 is 15.0 Å². The second-order valence-electron chi connectivity index (χ2n) is 7.37. The molecule has 1 unspecified atom stereocenters. The average Bonchev–Trinajstić information content (AvgIpc) is 3.16. The Hall–Kier alpha value is -2.91. The fraction of sp³-hybridized carbons (Fsp3) is 0.364. The molecule has 2 amide bonds. The first kappa shape index (κ1) is 22.8. The Bertz CT molecular complexity index is 1020. The zero-order chi connectivity index (χ0) is 22.4. The fourth-order valence-electron chi connectivity index (χ4n) is 3.32. The maximum atomic E-state index is 12.7. The number of nitrogens with zero attached hydrogens (tertiary/aromatic N) is 1. The summed E-state index contributed by atoms with van der Waals surface area (Å²) in [4.78, 5) is 26.8. The highest BCUT2D eigenvalue weighted by atomic mass is 32.2. The van der Waals surface area contributed by atoms with E-state index in [0.717, 1.165) is 12.8 Å². The van der Waals surface area contributed by atoms with Gasteiger partial charge in [0.05, 0.1) is 17.9 Å². The standard InChI is InChI=1S/C22H27N3O5S/c1-3-4-13-23-31(28,29)20-11-5-17(6-12-20)24-22(27)16-14-21(26)25(15-16)18-7-9-19(30-2)10-8-18/h5-12,16,23H,3-4,13-15H2,1-2H3,(H,24,27). The van der Waals surface area contributed by atoms with Crippen LogP contribution in [-0.2, 0) is 19.6 Å². The molecule has 0 saturated carbocycles. The minimum absolute atomic E-state index is 0.117. The van der Waals surface area contributed by atoms with Crippen molar-refractivity contribution in [1.29, 1.82) is 0 Å². The van der Waals surface area contributed by atoms with Crippen LogP contribution in [-0.4, -0.2) is 40.4 Å². The predicted molar refractivity (Wildman–Crippen MR) is 119 cm³/mol. The van der Waals surface area contributed by atoms with Crippen molar-refractivity contribution in [2.24, 2.45) is 5.92 Å². The Morgan fingerprint density at radius 2 is 1.81 bits per heavy atom. The maximum absolute atomic E-state index is 12.7. The van der Waals surface area contributed by atoms with Gasteiger partial charge in [-0.2, -0.15) is 0 Å². The predicted octanol–water partition coefficient (Wildman–Crippen LogP) is 2.77. The van der Waals surface area contributed by atoms with E-state index in [0.29, 0.717) is 23.7 Å². The van der Waals surface area contributed by atoms with E-state index in [1.807, 2.05) is 6.92 Å². The van der Waals surface area contributed by atoms with Crippen LogP contribution in [0, 0.1) is 5.92 Å². The summed E-state index contributed by atoms with van der Waals surface area (Å²) in [7, 11) is -2.00. The summed E-state index contributed by atoms with van der Waals surface area (Å²) in [6.07, 6.45) is 1.78. The number of ether oxygens (including phenoxy) is 1. The minimum atomic E-state index is -3.57. The third-order valence-corrected chi connectivity index (χ3v) is 6.61. The molecule has 3 rings (SSSR count). The fourth-order valence-corrected chi connectivity index (χ4v) is 4.40. The molecule has 1 atom stereocenters. The molecular formula is C22H27N3O5S. The molecule has 2 N–H and O–H groups in total. The maximum Gasteiger partial charge on any atom is 0.240 e. The van der Waals surface area contributed by atoms with E-state index >= 15 is 0 Å². The summed E-state index contributed by atoms with van der Waals surface area (Å²) < 4.78 is 32.2. The highest BCUT2D eigenvalue weighted by Gasteiger charge is 2.35. The molecule has 1 saturated heterocycles. The summed E-state index contributed by atoms with van der Waals surface area (Å²) in [6.45, 7) is 2.66. The molecule has 0 bridgehead atoms. The van der Waals surface area contributed by atoms with Gasteiger partial charge in [0.1, 0.15) is 5.75 Å². The molecule has 0 spiro atoms. The van der Waals surface area contributed by atoms with Crippen molar-refractivity contribution < 1.29 is 22.7 Å². The summed E-state index contributed by atoms with van der Waals surface area (Å²) in [5.41, 5.74) is 1.19. The lowest BCUT2D eigenvalue weighted by Gasteiger charge is -2.17. The van der Waals surface area contributed by atoms with Gasteiger partial charge in [-0.25, -0.2) is 13.1 Å². The molecule has 0 radical (unpaired) electrons. The zero-order valence-corrected chi connectivity index (χ0v) is 18.4. The van der Waals surface area contributed by atoms with E-state index in [1.54, 1.807) is 48.4 Å². The average molecular weight is 446 g/mol. The Balaban J connectivity index is 1.60. The number of rotatable bonds is 9. The first-order chi connectivity index (χ1) is 14.8. The molecule has 1 heterocycles. The van der Waals surface area contributed by atoms with Crippen molar-refractivity contribution in [1.82, 2.24) is 4.72 Å². The Labute approximate surface area is 182 Å². The summed E-state index contributed by atoms with van der Waals surface area (Å²) >= 11 is 0. The number of carbonyl (C=O) groups is 2. The van der Waals surface area contributed by atoms with Gasteiger partial charge in [0.2, 0.25) is 21.8 Å². The number of carbonyl (C=O) groups excluding carboxylic acids is 2. The van der Waals surface area contributed by atoms with Crippen molar-refractivity contribution in [2.75, 3.05) is 30.4 Å². The van der Waals surface area contributed by atoms with Crippen molar-refractivity contribution in [2.45, 2.75) is 31.1 Å². The number of sulfonamides is 1. The van der Waals surface area contributed by atoms with Crippen molar-refractivity contribution in [3.05, 3.63) is 48.5 Å². The van der Waals surface area contributed by atoms with Crippen LogP contribution in [0.4, 0.5) is 11.4 Å². The van der Waals surface area contributed by atoms with Crippen LogP contribution in [0.5, 0.6) is 5.75 Å². The number of hydrogen-bond acceptors (Lipinski definition) is 5. The third-order valence-electron chi connectivity index (χ3n) is 5.13. The van der Waals surface area contributed by atoms with Gasteiger partial charge in [0.15, 0.2) is 0 Å². The highest BCUT2D eigenvalue weighted by Crippen LogP contribution is 2.27. The molecule has 9 heteroatoms. The van der Waals surface area contributed by atoms with Crippen LogP contribution in [0.3, 0.4) is 0 Å². The first-order valence-electron chi connectivity index (χ1n) is 10.2. The topological polar surface area (TPSA) is 105 Å². The molecule has 1 aliphatic heterocycles. The Morgan fingerprint density at radius 3 is 2.42 bits per heavy atom. The number of benzene rings is 2. The molecule has 31 heavy (non-hydrogen) atoms. The summed E-state index contributed by atoms with van der Waals surface area (Å²) in [5, 5.41) is 2.77. The van der Waals surface area contributed by atoms with Crippen LogP contribution < -0.4 is 19.7 Å². The number of anilines is 2. The van der Waals surface area contributed by atoms with E-state index in [4.69, 9.17) is 4.74 Å². The van der Waals surface area contributed by atoms with Gasteiger partial charge in [-0.3, -0.25) is 9.59 Å². The van der Waals surface area contributed by atoms with E-state index in [2.05, 4.69) is 10.0 Å². The summed E-state index contributed by atoms with van der Waals surface area (Å²) in [6, 6.07) is 13.1. The van der Waals surface area contributed by atoms with Gasteiger partial charge in [-0.05, 0) is 55.0 Å². The lowest BCUT2D eigenvalue weighted by atomic mass is 10.1. The van der Waals surface area contributed by atoms with Crippen molar-refractivity contribution in [3.63, 3.8) is 0 Å². The molecule has 1 fully saturated rings. The number of unbranched alkanes of at least 4 members (excludes halogenated alkanes) is 1. The van der Waals surface area contributed by atoms with Crippen LogP contribution in [0.15, 0.2) is 53.4 Å². The normalized spacial score (nSPS) is 16.4. The van der Waals surface area contributed by atoms with Crippen LogP contribution in [0.25, 0.3) is 0 Å². The van der Waals surface area contributed by atoms with Crippen LogP contribution in [0.2, 0.25) is 0 Å². The smallest absolute Gasteiger partial charge is 0.240 e. The monoisotopic (exact) mass is 445 g/mol. The molecule has 1 aliphatic rings. The molecule has 8 nitrogen and oxygen atoms in total. The Morgan fingerprint density at radius 1 is 1.13 bits per heavy atom. The van der Waals surface area contributed by atoms with Crippen molar-refractivity contribution >= 4 is 33.2 Å². The van der Waals surface area contributed by atoms with Gasteiger partial charge in [-0.1, -0.05) is 13.3 Å². The van der Waals surface area contributed by atoms with E-state index in [9.17, 15) is 18.0 Å². The van der Waals surface area contributed by atoms with Gasteiger partial charge in [0.25, 0.3) is 0 Å². The SMILES string of the molecule is CCCCNS(=O)(=O)c1ccc(NC(=O)C2CC(=O)N(c3ccc(OC)cc3)C2)cc1. The van der Waals surface area contributed by atoms with Crippen LogP contribution >= 0.6 is 0 Å². The van der Waals surface area contributed by atoms with E-state index in [1.165, 1.54) is 12.1 Å². The van der Waals surface area contributed by atoms with Crippen LogP contribution in [0.1, 0.15) is 26.2 Å². The lowest BCUT2D eigenvalue weighted by molar-refractivity contribution is -0.122. The largest absolute Gasteiger partial charge is 0.497 e. The minimum Gasteiger partial charge on any atom is -0.497 e. The zero-order valence-electron chi connectivity index (χ0n) is 17.6. The number of amides is 2. The van der Waals surface area contributed by atoms with Gasteiger partial charge in [-0.15, -0.1) is 0 Å². The Kier molecular flexibility index (Phi) is 7.29. The molecular weight excluding hydrogens is 418 g/mol. The molecule has 2 aromatic carbocycles. The van der Waals surface area contributed by atoms with Gasteiger partial charge in [0, 0.05) is 30.9 Å². The highest BCUT2D eigenvalue weighted by molar-refractivity contribution is 7.89. The molecule has 0 aliphatic carbocycles. The second-order valence-corrected chi connectivity index (χ2v) is 9.14. The quantitative estimate of drug-likeness (QED) is 0.578. The lowest BCUT2D eigenvalue weighted by Crippen LogP contribution is -2.28. The number of methoxy groups -OCH3 is 1. The number of hydrogen-bond donors (Lipinski definition) is 2. The number of nitrogens with one attached hydrogen (secondary N) is 2. The second kappa shape index (κ2) is 9.93.